The van der Waals surface area contributed by atoms with Crippen LogP contribution in [0.5, 0.6) is 0 Å². The Morgan fingerprint density at radius 2 is 0.706 bits per heavy atom. The molecule has 240 valence electrons. The lowest BCUT2D eigenvalue weighted by Gasteiger charge is -2.26. The molecular formula is C50H35N. The molecule has 9 rings (SSSR count). The van der Waals surface area contributed by atoms with Crippen LogP contribution in [-0.4, -0.2) is 0 Å². The van der Waals surface area contributed by atoms with E-state index in [1.807, 2.05) is 0 Å². The SMILES string of the molecule is c1ccc(-c2ccc(N(c3ccc(-c4ccc5cccc(-c6ccc7ccccc7c6)c5c4)cc3)c3cccc(-c4ccccc4)c3)cc2)cc1. The van der Waals surface area contributed by atoms with Gasteiger partial charge < -0.3 is 4.90 Å². The highest BCUT2D eigenvalue weighted by Gasteiger charge is 2.15. The normalized spacial score (nSPS) is 11.1. The molecule has 1 nitrogen and oxygen atoms in total. The Kier molecular flexibility index (Phi) is 7.92. The van der Waals surface area contributed by atoms with Crippen LogP contribution in [0.15, 0.2) is 212 Å². The third-order valence-electron chi connectivity index (χ3n) is 9.85. The van der Waals surface area contributed by atoms with E-state index in [4.69, 9.17) is 0 Å². The fraction of sp³-hybridized carbons (Fsp3) is 0. The van der Waals surface area contributed by atoms with Crippen LogP contribution in [0, 0.1) is 0 Å². The smallest absolute Gasteiger partial charge is 0.0467 e. The Hall–Kier alpha value is -6.70. The maximum absolute atomic E-state index is 2.35. The summed E-state index contributed by atoms with van der Waals surface area (Å²) in [5.74, 6) is 0. The van der Waals surface area contributed by atoms with E-state index >= 15 is 0 Å². The largest absolute Gasteiger partial charge is 0.310 e. The summed E-state index contributed by atoms with van der Waals surface area (Å²) in [5.41, 5.74) is 13.0. The second-order valence-electron chi connectivity index (χ2n) is 13.0. The zero-order chi connectivity index (χ0) is 34.0. The van der Waals surface area contributed by atoms with Crippen LogP contribution in [-0.2, 0) is 0 Å². The Bertz CT molecular complexity index is 2600. The maximum atomic E-state index is 2.35. The zero-order valence-corrected chi connectivity index (χ0v) is 28.2. The molecule has 0 fully saturated rings. The molecule has 0 aliphatic rings. The minimum absolute atomic E-state index is 1.11. The van der Waals surface area contributed by atoms with Crippen molar-refractivity contribution in [2.24, 2.45) is 0 Å². The molecule has 0 N–H and O–H groups in total. The van der Waals surface area contributed by atoms with Crippen molar-refractivity contribution < 1.29 is 0 Å². The Labute approximate surface area is 299 Å². The van der Waals surface area contributed by atoms with Gasteiger partial charge in [0.25, 0.3) is 0 Å². The number of hydrogen-bond donors (Lipinski definition) is 0. The molecule has 9 aromatic rings. The molecule has 0 saturated carbocycles. The second-order valence-corrected chi connectivity index (χ2v) is 13.0. The van der Waals surface area contributed by atoms with E-state index in [9.17, 15) is 0 Å². The molecular weight excluding hydrogens is 615 g/mol. The van der Waals surface area contributed by atoms with Gasteiger partial charge in [-0.05, 0) is 115 Å². The first-order valence-electron chi connectivity index (χ1n) is 17.5. The summed E-state index contributed by atoms with van der Waals surface area (Å²) in [6.07, 6.45) is 0. The third kappa shape index (κ3) is 6.07. The van der Waals surface area contributed by atoms with E-state index in [2.05, 4.69) is 217 Å². The lowest BCUT2D eigenvalue weighted by Crippen LogP contribution is -2.10. The van der Waals surface area contributed by atoms with Crippen molar-refractivity contribution in [3.8, 4) is 44.5 Å². The summed E-state index contributed by atoms with van der Waals surface area (Å²) < 4.78 is 0. The number of rotatable bonds is 7. The number of hydrogen-bond acceptors (Lipinski definition) is 1. The predicted molar refractivity (Wildman–Crippen MR) is 218 cm³/mol. The van der Waals surface area contributed by atoms with Crippen molar-refractivity contribution in [3.63, 3.8) is 0 Å². The zero-order valence-electron chi connectivity index (χ0n) is 28.2. The molecule has 0 atom stereocenters. The lowest BCUT2D eigenvalue weighted by atomic mass is 9.93. The second kappa shape index (κ2) is 13.3. The fourth-order valence-corrected chi connectivity index (χ4v) is 7.20. The molecule has 0 aliphatic heterocycles. The highest BCUT2D eigenvalue weighted by atomic mass is 15.1. The molecule has 0 bridgehead atoms. The van der Waals surface area contributed by atoms with E-state index in [0.29, 0.717) is 0 Å². The topological polar surface area (TPSA) is 3.24 Å². The molecule has 1 heteroatoms. The van der Waals surface area contributed by atoms with Crippen LogP contribution in [0.3, 0.4) is 0 Å². The van der Waals surface area contributed by atoms with Crippen molar-refractivity contribution in [2.75, 3.05) is 4.90 Å². The Balaban J connectivity index is 1.10. The van der Waals surface area contributed by atoms with E-state index in [1.165, 1.54) is 66.1 Å². The number of benzene rings is 9. The van der Waals surface area contributed by atoms with E-state index in [-0.39, 0.29) is 0 Å². The summed E-state index contributed by atoms with van der Waals surface area (Å²) in [5, 5.41) is 5.01. The van der Waals surface area contributed by atoms with Gasteiger partial charge in [-0.3, -0.25) is 0 Å². The molecule has 0 aliphatic carbocycles. The predicted octanol–water partition coefficient (Wildman–Crippen LogP) is 14.1. The number of nitrogens with zero attached hydrogens (tertiary/aromatic N) is 1. The first-order chi connectivity index (χ1) is 25.3. The van der Waals surface area contributed by atoms with Gasteiger partial charge in [0.2, 0.25) is 0 Å². The molecule has 0 spiro atoms. The molecule has 0 amide bonds. The monoisotopic (exact) mass is 649 g/mol. The average molecular weight is 650 g/mol. The quantitative estimate of drug-likeness (QED) is 0.166. The van der Waals surface area contributed by atoms with Crippen LogP contribution < -0.4 is 4.90 Å². The van der Waals surface area contributed by atoms with Crippen molar-refractivity contribution in [1.82, 2.24) is 0 Å². The van der Waals surface area contributed by atoms with E-state index in [1.54, 1.807) is 0 Å². The first-order valence-corrected chi connectivity index (χ1v) is 17.5. The van der Waals surface area contributed by atoms with Crippen LogP contribution >= 0.6 is 0 Å². The summed E-state index contributed by atoms with van der Waals surface area (Å²) in [6, 6.07) is 76.6. The van der Waals surface area contributed by atoms with Gasteiger partial charge in [-0.2, -0.15) is 0 Å². The average Bonchev–Trinajstić information content (AvgIpc) is 3.22. The molecule has 0 radical (unpaired) electrons. The number of anilines is 3. The minimum atomic E-state index is 1.11. The highest BCUT2D eigenvalue weighted by Crippen LogP contribution is 2.39. The highest BCUT2D eigenvalue weighted by molar-refractivity contribution is 6.01. The molecule has 0 unspecified atom stereocenters. The van der Waals surface area contributed by atoms with Gasteiger partial charge in [-0.25, -0.2) is 0 Å². The van der Waals surface area contributed by atoms with E-state index < -0.39 is 0 Å². The lowest BCUT2D eigenvalue weighted by molar-refractivity contribution is 1.28. The van der Waals surface area contributed by atoms with Crippen molar-refractivity contribution in [1.29, 1.82) is 0 Å². The summed E-state index contributed by atoms with van der Waals surface area (Å²) in [7, 11) is 0. The Morgan fingerprint density at radius 3 is 1.41 bits per heavy atom. The van der Waals surface area contributed by atoms with Gasteiger partial charge in [0.1, 0.15) is 0 Å². The van der Waals surface area contributed by atoms with Crippen LogP contribution in [0.2, 0.25) is 0 Å². The Morgan fingerprint density at radius 1 is 0.235 bits per heavy atom. The molecule has 51 heavy (non-hydrogen) atoms. The molecule has 0 heterocycles. The van der Waals surface area contributed by atoms with E-state index in [0.717, 1.165) is 17.1 Å². The van der Waals surface area contributed by atoms with Gasteiger partial charge in [0, 0.05) is 17.1 Å². The third-order valence-corrected chi connectivity index (χ3v) is 9.85. The van der Waals surface area contributed by atoms with Gasteiger partial charge in [-0.15, -0.1) is 0 Å². The van der Waals surface area contributed by atoms with Crippen LogP contribution in [0.4, 0.5) is 17.1 Å². The number of fused-ring (bicyclic) bond motifs is 2. The van der Waals surface area contributed by atoms with Crippen LogP contribution in [0.25, 0.3) is 66.1 Å². The van der Waals surface area contributed by atoms with Gasteiger partial charge in [-0.1, -0.05) is 164 Å². The first kappa shape index (κ1) is 30.4. The van der Waals surface area contributed by atoms with Crippen molar-refractivity contribution in [2.45, 2.75) is 0 Å². The molecule has 9 aromatic carbocycles. The standard InChI is InChI=1S/C50H35N/c1-3-11-36(12-4-1)39-25-29-46(30-26-39)51(48-19-9-18-43(34-48)37-13-5-2-6-14-37)47-31-27-40(28-32-47)44-23-22-41-17-10-20-49(50(41)35-44)45-24-21-38-15-7-8-16-42(38)33-45/h1-35H. The fourth-order valence-electron chi connectivity index (χ4n) is 7.20. The minimum Gasteiger partial charge on any atom is -0.310 e. The van der Waals surface area contributed by atoms with Crippen molar-refractivity contribution >= 4 is 38.6 Å². The van der Waals surface area contributed by atoms with Crippen molar-refractivity contribution in [3.05, 3.63) is 212 Å². The maximum Gasteiger partial charge on any atom is 0.0467 e. The summed E-state index contributed by atoms with van der Waals surface area (Å²) in [4.78, 5) is 2.35. The molecule has 0 saturated heterocycles. The van der Waals surface area contributed by atoms with Gasteiger partial charge in [0.05, 0.1) is 0 Å². The van der Waals surface area contributed by atoms with Gasteiger partial charge in [0.15, 0.2) is 0 Å². The molecule has 0 aromatic heterocycles. The van der Waals surface area contributed by atoms with Crippen LogP contribution in [0.1, 0.15) is 0 Å². The summed E-state index contributed by atoms with van der Waals surface area (Å²) >= 11 is 0. The summed E-state index contributed by atoms with van der Waals surface area (Å²) in [6.45, 7) is 0. The van der Waals surface area contributed by atoms with Gasteiger partial charge >= 0.3 is 0 Å².